The fourth-order valence-corrected chi connectivity index (χ4v) is 4.36. The minimum Gasteiger partial charge on any atom is -0.447 e. The van der Waals surface area contributed by atoms with E-state index in [0.29, 0.717) is 30.7 Å². The molecule has 3 heterocycles. The van der Waals surface area contributed by atoms with Crippen LogP contribution >= 0.6 is 11.6 Å². The SMILES string of the molecule is CN(CCO)C(=O)C1CCC(C(=O)Nc2c(C(=O)Nc3ccc(Cl)cn3)oc3ccc(F)nc23)CC1. The maximum atomic E-state index is 13.9. The number of aliphatic hydroxyl groups is 1. The van der Waals surface area contributed by atoms with Gasteiger partial charge in [0.15, 0.2) is 5.58 Å². The lowest BCUT2D eigenvalue weighted by Gasteiger charge is -2.29. The Kier molecular flexibility index (Phi) is 7.80. The second-order valence-electron chi connectivity index (χ2n) is 8.62. The predicted molar refractivity (Wildman–Crippen MR) is 130 cm³/mol. The molecule has 3 aromatic heterocycles. The van der Waals surface area contributed by atoms with Gasteiger partial charge in [0.25, 0.3) is 5.91 Å². The molecule has 0 saturated heterocycles. The highest BCUT2D eigenvalue weighted by molar-refractivity contribution is 6.30. The van der Waals surface area contributed by atoms with Gasteiger partial charge in [-0.15, -0.1) is 0 Å². The average molecular weight is 518 g/mol. The van der Waals surface area contributed by atoms with E-state index >= 15 is 0 Å². The number of nitrogens with zero attached hydrogens (tertiary/aromatic N) is 3. The summed E-state index contributed by atoms with van der Waals surface area (Å²) < 4.78 is 19.5. The van der Waals surface area contributed by atoms with E-state index in [-0.39, 0.29) is 59.2 Å². The van der Waals surface area contributed by atoms with E-state index in [9.17, 15) is 18.8 Å². The molecule has 190 valence electrons. The zero-order valence-corrected chi connectivity index (χ0v) is 20.2. The number of rotatable bonds is 7. The van der Waals surface area contributed by atoms with Crippen molar-refractivity contribution in [3.05, 3.63) is 47.2 Å². The highest BCUT2D eigenvalue weighted by Gasteiger charge is 2.33. The number of hydrogen-bond donors (Lipinski definition) is 3. The van der Waals surface area contributed by atoms with Crippen molar-refractivity contribution < 1.29 is 28.3 Å². The van der Waals surface area contributed by atoms with Crippen molar-refractivity contribution in [2.24, 2.45) is 11.8 Å². The van der Waals surface area contributed by atoms with E-state index in [1.165, 1.54) is 23.2 Å². The molecule has 0 bridgehead atoms. The number of amides is 3. The topological polar surface area (TPSA) is 138 Å². The number of furan rings is 1. The summed E-state index contributed by atoms with van der Waals surface area (Å²) in [6.07, 6.45) is 3.31. The van der Waals surface area contributed by atoms with Crippen molar-refractivity contribution in [1.29, 1.82) is 0 Å². The van der Waals surface area contributed by atoms with E-state index in [1.54, 1.807) is 13.1 Å². The van der Waals surface area contributed by atoms with Crippen molar-refractivity contribution in [2.45, 2.75) is 25.7 Å². The molecule has 4 rings (SSSR count). The van der Waals surface area contributed by atoms with Gasteiger partial charge >= 0.3 is 0 Å². The molecule has 12 heteroatoms. The Balaban J connectivity index is 1.51. The van der Waals surface area contributed by atoms with E-state index in [1.807, 2.05) is 0 Å². The maximum Gasteiger partial charge on any atom is 0.294 e. The van der Waals surface area contributed by atoms with Crippen LogP contribution in [0.25, 0.3) is 11.1 Å². The lowest BCUT2D eigenvalue weighted by molar-refractivity contribution is -0.137. The Bertz CT molecular complexity index is 1270. The maximum absolute atomic E-state index is 13.9. The molecule has 1 aliphatic rings. The average Bonchev–Trinajstić information content (AvgIpc) is 3.22. The van der Waals surface area contributed by atoms with Crippen molar-refractivity contribution in [3.8, 4) is 0 Å². The molecule has 3 aromatic rings. The molecule has 3 N–H and O–H groups in total. The molecule has 10 nitrogen and oxygen atoms in total. The number of fused-ring (bicyclic) bond motifs is 1. The smallest absolute Gasteiger partial charge is 0.294 e. The summed E-state index contributed by atoms with van der Waals surface area (Å²) in [7, 11) is 1.64. The second kappa shape index (κ2) is 11.0. The Morgan fingerprint density at radius 2 is 1.86 bits per heavy atom. The fraction of sp³-hybridized carbons (Fsp3) is 0.375. The van der Waals surface area contributed by atoms with Gasteiger partial charge in [-0.1, -0.05) is 11.6 Å². The molecule has 1 aliphatic carbocycles. The van der Waals surface area contributed by atoms with Crippen LogP contribution < -0.4 is 10.6 Å². The van der Waals surface area contributed by atoms with Crippen LogP contribution in [0.15, 0.2) is 34.9 Å². The molecule has 0 atom stereocenters. The first-order chi connectivity index (χ1) is 17.3. The van der Waals surface area contributed by atoms with Gasteiger partial charge in [0.2, 0.25) is 23.5 Å². The number of aliphatic hydroxyl groups excluding tert-OH is 1. The van der Waals surface area contributed by atoms with Crippen LogP contribution in [0, 0.1) is 17.8 Å². The highest BCUT2D eigenvalue weighted by Crippen LogP contribution is 2.34. The monoisotopic (exact) mass is 517 g/mol. The molecule has 0 spiro atoms. The molecule has 0 radical (unpaired) electrons. The third-order valence-electron chi connectivity index (χ3n) is 6.18. The lowest BCUT2D eigenvalue weighted by atomic mass is 9.81. The molecular formula is C24H25ClFN5O5. The normalized spacial score (nSPS) is 17.6. The van der Waals surface area contributed by atoms with Crippen molar-refractivity contribution >= 4 is 51.9 Å². The Hall–Kier alpha value is -3.57. The van der Waals surface area contributed by atoms with Gasteiger partial charge < -0.3 is 25.1 Å². The fourth-order valence-electron chi connectivity index (χ4n) is 4.25. The van der Waals surface area contributed by atoms with Crippen molar-refractivity contribution in [3.63, 3.8) is 0 Å². The molecule has 0 unspecified atom stereocenters. The number of pyridine rings is 2. The van der Waals surface area contributed by atoms with Crippen LogP contribution in [-0.2, 0) is 9.59 Å². The summed E-state index contributed by atoms with van der Waals surface area (Å²) in [6.45, 7) is 0.143. The number of aromatic nitrogens is 2. The molecule has 1 saturated carbocycles. The van der Waals surface area contributed by atoms with Crippen LogP contribution in [0.3, 0.4) is 0 Å². The quantitative estimate of drug-likeness (QED) is 0.408. The number of anilines is 2. The molecule has 3 amide bonds. The van der Waals surface area contributed by atoms with Crippen LogP contribution in [0.1, 0.15) is 36.2 Å². The summed E-state index contributed by atoms with van der Waals surface area (Å²) in [5.74, 6) is -2.61. The molecule has 0 aromatic carbocycles. The molecule has 0 aliphatic heterocycles. The number of halogens is 2. The van der Waals surface area contributed by atoms with Crippen molar-refractivity contribution in [1.82, 2.24) is 14.9 Å². The number of hydrogen-bond acceptors (Lipinski definition) is 7. The second-order valence-corrected chi connectivity index (χ2v) is 9.06. The van der Waals surface area contributed by atoms with Gasteiger partial charge in [0.1, 0.15) is 17.0 Å². The summed E-state index contributed by atoms with van der Waals surface area (Å²) in [4.78, 5) is 47.9. The minimum absolute atomic E-state index is 0.00653. The van der Waals surface area contributed by atoms with Gasteiger partial charge in [-0.2, -0.15) is 4.39 Å². The third-order valence-corrected chi connectivity index (χ3v) is 6.41. The molecule has 1 fully saturated rings. The lowest BCUT2D eigenvalue weighted by Crippen LogP contribution is -2.38. The van der Waals surface area contributed by atoms with Crippen molar-refractivity contribution in [2.75, 3.05) is 30.8 Å². The highest BCUT2D eigenvalue weighted by atomic mass is 35.5. The third kappa shape index (κ3) is 5.63. The number of carbonyl (C=O) groups is 3. The number of carbonyl (C=O) groups excluding carboxylic acids is 3. The Morgan fingerprint density at radius 3 is 2.53 bits per heavy atom. The van der Waals surface area contributed by atoms with E-state index in [4.69, 9.17) is 21.1 Å². The van der Waals surface area contributed by atoms with E-state index in [2.05, 4.69) is 20.6 Å². The van der Waals surface area contributed by atoms with Gasteiger partial charge in [0.05, 0.1) is 11.6 Å². The van der Waals surface area contributed by atoms with Crippen LogP contribution in [0.4, 0.5) is 15.9 Å². The molecule has 36 heavy (non-hydrogen) atoms. The Labute approximate surface area is 210 Å². The predicted octanol–water partition coefficient (Wildman–Crippen LogP) is 3.46. The first kappa shape index (κ1) is 25.5. The van der Waals surface area contributed by atoms with Gasteiger partial charge in [-0.3, -0.25) is 14.4 Å². The number of nitrogens with one attached hydrogen (secondary N) is 2. The zero-order valence-electron chi connectivity index (χ0n) is 19.5. The van der Waals surface area contributed by atoms with Crippen LogP contribution in [0.2, 0.25) is 5.02 Å². The summed E-state index contributed by atoms with van der Waals surface area (Å²) >= 11 is 5.83. The first-order valence-corrected chi connectivity index (χ1v) is 11.8. The zero-order chi connectivity index (χ0) is 25.8. The summed E-state index contributed by atoms with van der Waals surface area (Å²) in [5.41, 5.74) is 0.0936. The van der Waals surface area contributed by atoms with Gasteiger partial charge in [-0.25, -0.2) is 9.97 Å². The summed E-state index contributed by atoms with van der Waals surface area (Å²) in [5, 5.41) is 14.7. The van der Waals surface area contributed by atoms with E-state index in [0.717, 1.165) is 6.07 Å². The molecular weight excluding hydrogens is 493 g/mol. The minimum atomic E-state index is -0.795. The standard InChI is InChI=1S/C24H25ClFN5O5/c1-31(10-11-32)24(35)14-4-2-13(3-5-14)22(33)30-20-19-16(7-8-17(26)28-19)36-21(20)23(34)29-18-9-6-15(25)12-27-18/h6-9,12-14,32H,2-5,10-11H2,1H3,(H,30,33)(H,27,29,34). The summed E-state index contributed by atoms with van der Waals surface area (Å²) in [6, 6.07) is 5.46. The van der Waals surface area contributed by atoms with E-state index < -0.39 is 17.8 Å². The van der Waals surface area contributed by atoms with Crippen LogP contribution in [-0.4, -0.2) is 57.9 Å². The largest absolute Gasteiger partial charge is 0.447 e. The Morgan fingerprint density at radius 1 is 1.14 bits per heavy atom. The first-order valence-electron chi connectivity index (χ1n) is 11.5. The van der Waals surface area contributed by atoms with Crippen LogP contribution in [0.5, 0.6) is 0 Å². The van der Waals surface area contributed by atoms with Gasteiger partial charge in [-0.05, 0) is 49.9 Å². The number of likely N-dealkylation sites (N-methyl/N-ethyl adjacent to an activating group) is 1. The van der Waals surface area contributed by atoms with Gasteiger partial charge in [0, 0.05) is 31.6 Å².